The van der Waals surface area contributed by atoms with Crippen molar-refractivity contribution in [3.8, 4) is 0 Å². The SMILES string of the molecule is C/C=C/C[C@@H](C)[C@@H](O)[C@H]1C(=O)N[C@@H](CC)C(=O)N(C)C(CO)C(=O)N(C)[C@@H](C(C)CC)C(=O)N[C@H](C(C)C)C(=O)N(C)[C@H](CC(C)C)C(=O)N[C@H](C)C(=O)N[C@@H](C)C(=O)N(C)[C@@H](CC(C)C)C(=O)N(C)[C@@H](CCC(C)C)C(=O)N(C)[C@@H](C(C)C)C(=O)N1C. The van der Waals surface area contributed by atoms with Gasteiger partial charge in [-0.2, -0.15) is 0 Å². The monoisotopic (exact) mass is 1250 g/mol. The molecule has 0 bridgehead atoms. The van der Waals surface area contributed by atoms with E-state index in [4.69, 9.17) is 0 Å². The Morgan fingerprint density at radius 2 is 0.920 bits per heavy atom. The smallest absolute Gasteiger partial charge is 0.248 e. The third kappa shape index (κ3) is 21.2. The van der Waals surface area contributed by atoms with Crippen LogP contribution in [0.15, 0.2) is 12.2 Å². The molecule has 1 rings (SSSR count). The molecule has 24 nitrogen and oxygen atoms in total. The van der Waals surface area contributed by atoms with E-state index in [0.29, 0.717) is 12.8 Å². The Kier molecular flexibility index (Phi) is 33.1. The maximum absolute atomic E-state index is 15.2. The van der Waals surface area contributed by atoms with Gasteiger partial charge >= 0.3 is 0 Å². The quantitative estimate of drug-likeness (QED) is 0.114. The molecular weight excluding hydrogens is 1130 g/mol. The Balaban J connectivity index is 4.44. The van der Waals surface area contributed by atoms with Gasteiger partial charge in [-0.25, -0.2) is 0 Å². The molecule has 0 aromatic heterocycles. The average Bonchev–Trinajstić information content (AvgIpc) is 1.41. The fraction of sp³-hybridized carbons (Fsp3) is 0.797. The van der Waals surface area contributed by atoms with E-state index in [1.54, 1.807) is 74.5 Å². The molecule has 1 heterocycles. The molecule has 1 aliphatic rings. The van der Waals surface area contributed by atoms with Crippen LogP contribution in [0.3, 0.4) is 0 Å². The summed E-state index contributed by atoms with van der Waals surface area (Å²) < 4.78 is 0. The predicted molar refractivity (Wildman–Crippen MR) is 339 cm³/mol. The molecule has 6 N–H and O–H groups in total. The van der Waals surface area contributed by atoms with Gasteiger partial charge in [-0.15, -0.1) is 0 Å². The van der Waals surface area contributed by atoms with Crippen LogP contribution in [0.25, 0.3) is 0 Å². The second-order valence-corrected chi connectivity index (χ2v) is 26.5. The number of nitrogens with one attached hydrogen (secondary N) is 4. The highest BCUT2D eigenvalue weighted by Crippen LogP contribution is 2.26. The lowest BCUT2D eigenvalue weighted by molar-refractivity contribution is -0.157. The second kappa shape index (κ2) is 36.5. The summed E-state index contributed by atoms with van der Waals surface area (Å²) in [6.07, 6.45) is 3.50. The lowest BCUT2D eigenvalue weighted by Crippen LogP contribution is -2.64. The highest BCUT2D eigenvalue weighted by atomic mass is 16.3. The molecule has 0 aromatic carbocycles. The Morgan fingerprint density at radius 1 is 0.466 bits per heavy atom. The van der Waals surface area contributed by atoms with Crippen LogP contribution in [0.4, 0.5) is 0 Å². The second-order valence-electron chi connectivity index (χ2n) is 26.5. The molecule has 0 aromatic rings. The maximum atomic E-state index is 15.2. The van der Waals surface area contributed by atoms with Crippen LogP contribution in [0.5, 0.6) is 0 Å². The highest BCUT2D eigenvalue weighted by molar-refractivity contribution is 6.00. The molecule has 88 heavy (non-hydrogen) atoms. The van der Waals surface area contributed by atoms with Gasteiger partial charge in [0.1, 0.15) is 66.5 Å². The van der Waals surface area contributed by atoms with Gasteiger partial charge in [0, 0.05) is 49.3 Å². The lowest BCUT2D eigenvalue weighted by atomic mass is 9.91. The molecule has 1 saturated heterocycles. The molecule has 1 fully saturated rings. The lowest BCUT2D eigenvalue weighted by Gasteiger charge is -2.41. The van der Waals surface area contributed by atoms with Crippen LogP contribution in [0.2, 0.25) is 0 Å². The van der Waals surface area contributed by atoms with E-state index in [-0.39, 0.29) is 49.9 Å². The number of allylic oxidation sites excluding steroid dienone is 2. The summed E-state index contributed by atoms with van der Waals surface area (Å²) in [5.74, 6) is -10.7. The van der Waals surface area contributed by atoms with Gasteiger partial charge in [0.2, 0.25) is 65.0 Å². The van der Waals surface area contributed by atoms with Gasteiger partial charge in [-0.05, 0) is 101 Å². The van der Waals surface area contributed by atoms with Crippen LogP contribution in [-0.2, 0) is 52.7 Å². The Bertz CT molecular complexity index is 2400. The summed E-state index contributed by atoms with van der Waals surface area (Å²) in [4.78, 5) is 170. The first-order chi connectivity index (χ1) is 40.7. The van der Waals surface area contributed by atoms with Crippen molar-refractivity contribution in [3.63, 3.8) is 0 Å². The number of carbonyl (C=O) groups is 11. The van der Waals surface area contributed by atoms with Crippen molar-refractivity contribution in [1.82, 2.24) is 55.6 Å². The van der Waals surface area contributed by atoms with Crippen molar-refractivity contribution in [1.29, 1.82) is 0 Å². The molecule has 1 aliphatic heterocycles. The number of rotatable bonds is 17. The zero-order valence-corrected chi connectivity index (χ0v) is 57.8. The van der Waals surface area contributed by atoms with Gasteiger partial charge in [-0.1, -0.05) is 116 Å². The molecule has 14 atom stereocenters. The minimum Gasteiger partial charge on any atom is -0.394 e. The number of aliphatic hydroxyl groups is 2. The van der Waals surface area contributed by atoms with Crippen LogP contribution < -0.4 is 21.3 Å². The first-order valence-electron chi connectivity index (χ1n) is 31.7. The van der Waals surface area contributed by atoms with Gasteiger partial charge in [0.25, 0.3) is 0 Å². The van der Waals surface area contributed by atoms with Crippen molar-refractivity contribution < 1.29 is 63.0 Å². The summed E-state index contributed by atoms with van der Waals surface area (Å²) in [5, 5.41) is 34.0. The van der Waals surface area contributed by atoms with E-state index in [1.807, 2.05) is 41.5 Å². The van der Waals surface area contributed by atoms with Crippen LogP contribution >= 0.6 is 0 Å². The number of aliphatic hydroxyl groups excluding tert-OH is 2. The molecular formula is C64H115N11O13. The molecule has 0 radical (unpaired) electrons. The van der Waals surface area contributed by atoms with E-state index < -0.39 is 168 Å². The highest BCUT2D eigenvalue weighted by Gasteiger charge is 2.46. The maximum Gasteiger partial charge on any atom is 0.248 e. The molecule has 2 unspecified atom stereocenters. The zero-order valence-electron chi connectivity index (χ0n) is 57.8. The van der Waals surface area contributed by atoms with E-state index in [2.05, 4.69) is 21.3 Å². The predicted octanol–water partition coefficient (Wildman–Crippen LogP) is 3.02. The number of likely N-dealkylation sites (N-methyl/N-ethyl adjacent to an activating group) is 7. The first-order valence-corrected chi connectivity index (χ1v) is 31.7. The van der Waals surface area contributed by atoms with E-state index in [1.165, 1.54) is 82.8 Å². The average molecular weight is 1250 g/mol. The molecule has 24 heteroatoms. The summed E-state index contributed by atoms with van der Waals surface area (Å²) in [5.41, 5.74) is 0. The number of carbonyl (C=O) groups excluding carboxylic acids is 11. The molecule has 11 amide bonds. The minimum atomic E-state index is -1.67. The molecule has 0 aliphatic carbocycles. The number of nitrogens with zero attached hydrogens (tertiary/aromatic N) is 7. The summed E-state index contributed by atoms with van der Waals surface area (Å²) in [6.45, 7) is 28.7. The summed E-state index contributed by atoms with van der Waals surface area (Å²) >= 11 is 0. The number of amides is 11. The third-order valence-corrected chi connectivity index (χ3v) is 17.3. The van der Waals surface area contributed by atoms with E-state index in [9.17, 15) is 48.6 Å². The van der Waals surface area contributed by atoms with Crippen molar-refractivity contribution in [2.75, 3.05) is 55.9 Å². The minimum absolute atomic E-state index is 0.0623. The zero-order chi connectivity index (χ0) is 68.3. The number of hydrogen-bond acceptors (Lipinski definition) is 13. The number of hydrogen-bond donors (Lipinski definition) is 6. The Labute approximate surface area is 526 Å². The van der Waals surface area contributed by atoms with Crippen molar-refractivity contribution >= 4 is 65.0 Å². The largest absolute Gasteiger partial charge is 0.394 e. The molecule has 504 valence electrons. The van der Waals surface area contributed by atoms with Crippen LogP contribution in [-0.4, -0.2) is 238 Å². The van der Waals surface area contributed by atoms with Gasteiger partial charge < -0.3 is 65.8 Å². The summed E-state index contributed by atoms with van der Waals surface area (Å²) in [6, 6.07) is -14.4. The van der Waals surface area contributed by atoms with Crippen molar-refractivity contribution in [2.45, 2.75) is 235 Å². The van der Waals surface area contributed by atoms with Crippen LogP contribution in [0.1, 0.15) is 163 Å². The van der Waals surface area contributed by atoms with E-state index in [0.717, 1.165) is 14.7 Å². The third-order valence-electron chi connectivity index (χ3n) is 17.3. The molecule has 0 spiro atoms. The van der Waals surface area contributed by atoms with Gasteiger partial charge in [0.05, 0.1) is 12.7 Å². The fourth-order valence-corrected chi connectivity index (χ4v) is 11.2. The van der Waals surface area contributed by atoms with Gasteiger partial charge in [-0.3, -0.25) is 52.7 Å². The molecule has 0 saturated carbocycles. The van der Waals surface area contributed by atoms with Crippen molar-refractivity contribution in [3.05, 3.63) is 12.2 Å². The first kappa shape index (κ1) is 79.8. The summed E-state index contributed by atoms with van der Waals surface area (Å²) in [7, 11) is 9.68. The fourth-order valence-electron chi connectivity index (χ4n) is 11.2. The normalized spacial score (nSPS) is 27.6. The van der Waals surface area contributed by atoms with Crippen molar-refractivity contribution in [2.24, 2.45) is 41.4 Å². The van der Waals surface area contributed by atoms with Gasteiger partial charge in [0.15, 0.2) is 0 Å². The standard InChI is InChI=1S/C64H115N11O13/c1-25-28-29-41(15)53(77)52-57(81)67-44(27-3)59(83)72(21)48(34-76)62(86)74(23)51(40(14)26-2)56(80)68-49(38(10)11)63(87)70(19)46(32-36(6)7)55(79)65-42(16)54(78)66-43(17)58(82)71(20)47(33-37(8)9)61(85)69(18)45(31-30-35(4)5)60(84)73(22)50(39(12)13)64(88)75(52)24/h25,28,35-53,76-77H,26-27,29-34H2,1-24H3,(H,65,79)(H,66,78)(H,67,81)(H,68,80)/b28-25+/t40?,41-,42-,43+,44+,45+,46-,47+,48?,49-,50+,51+,52+,53-/m1/s1. The Morgan fingerprint density at radius 3 is 1.40 bits per heavy atom. The van der Waals surface area contributed by atoms with E-state index >= 15 is 14.4 Å². The Hall–Kier alpha value is -6.17. The topological polar surface area (TPSA) is 299 Å². The van der Waals surface area contributed by atoms with Crippen LogP contribution in [0, 0.1) is 41.4 Å².